The Balaban J connectivity index is 3.42. The minimum absolute atomic E-state index is 0.110. The van der Waals surface area contributed by atoms with E-state index < -0.39 is 10.0 Å². The molecule has 0 aromatic heterocycles. The van der Waals surface area contributed by atoms with Crippen LogP contribution >= 0.6 is 11.8 Å². The van der Waals surface area contributed by atoms with Crippen molar-refractivity contribution in [2.24, 2.45) is 5.14 Å². The van der Waals surface area contributed by atoms with Crippen LogP contribution in [-0.2, 0) is 10.0 Å². The summed E-state index contributed by atoms with van der Waals surface area (Å²) in [7, 11) is -3.69. The van der Waals surface area contributed by atoms with Gasteiger partial charge >= 0.3 is 0 Å². The second-order valence-electron chi connectivity index (χ2n) is 3.12. The number of benzene rings is 1. The van der Waals surface area contributed by atoms with Crippen LogP contribution in [0.1, 0.15) is 12.5 Å². The third-order valence-corrected chi connectivity index (χ3v) is 4.00. The first-order valence-electron chi connectivity index (χ1n) is 4.42. The van der Waals surface area contributed by atoms with Gasteiger partial charge in [0.15, 0.2) is 0 Å². The average Bonchev–Trinajstić information content (AvgIpc) is 2.09. The maximum Gasteiger partial charge on any atom is 0.238 e. The van der Waals surface area contributed by atoms with Crippen LogP contribution in [0.3, 0.4) is 0 Å². The standard InChI is InChI=1S/C9H14N2O2S2/c1-3-14-8-4-7(10)5-9(6(8)2)15(11,12)13/h4-5H,3,10H2,1-2H3,(H2,11,12,13). The molecule has 0 saturated carbocycles. The van der Waals surface area contributed by atoms with Crippen molar-refractivity contribution in [3.8, 4) is 0 Å². The van der Waals surface area contributed by atoms with Gasteiger partial charge in [-0.3, -0.25) is 0 Å². The summed E-state index contributed by atoms with van der Waals surface area (Å²) in [5, 5.41) is 5.10. The topological polar surface area (TPSA) is 86.2 Å². The van der Waals surface area contributed by atoms with Gasteiger partial charge in [0.05, 0.1) is 4.90 Å². The van der Waals surface area contributed by atoms with E-state index in [0.29, 0.717) is 11.3 Å². The van der Waals surface area contributed by atoms with Gasteiger partial charge in [-0.15, -0.1) is 11.8 Å². The Hall–Kier alpha value is -0.720. The molecule has 15 heavy (non-hydrogen) atoms. The summed E-state index contributed by atoms with van der Waals surface area (Å²) in [5.41, 5.74) is 6.70. The number of rotatable bonds is 3. The van der Waals surface area contributed by atoms with Crippen LogP contribution in [-0.4, -0.2) is 14.2 Å². The Morgan fingerprint density at radius 3 is 2.47 bits per heavy atom. The van der Waals surface area contributed by atoms with Crippen LogP contribution in [0.5, 0.6) is 0 Å². The van der Waals surface area contributed by atoms with Gasteiger partial charge in [-0.2, -0.15) is 0 Å². The number of primary sulfonamides is 1. The van der Waals surface area contributed by atoms with Crippen molar-refractivity contribution in [3.63, 3.8) is 0 Å². The lowest BCUT2D eigenvalue weighted by Crippen LogP contribution is -2.14. The summed E-state index contributed by atoms with van der Waals surface area (Å²) in [6.07, 6.45) is 0. The van der Waals surface area contributed by atoms with E-state index in [2.05, 4.69) is 0 Å². The Kier molecular flexibility index (Phi) is 3.64. The van der Waals surface area contributed by atoms with E-state index in [1.165, 1.54) is 6.07 Å². The van der Waals surface area contributed by atoms with Gasteiger partial charge in [-0.05, 0) is 30.4 Å². The van der Waals surface area contributed by atoms with Gasteiger partial charge in [0.1, 0.15) is 0 Å². The van der Waals surface area contributed by atoms with E-state index in [4.69, 9.17) is 10.9 Å². The van der Waals surface area contributed by atoms with Gasteiger partial charge < -0.3 is 5.73 Å². The Bertz CT molecular complexity index is 469. The van der Waals surface area contributed by atoms with Crippen molar-refractivity contribution >= 4 is 27.5 Å². The quantitative estimate of drug-likeness (QED) is 0.622. The number of hydrogen-bond acceptors (Lipinski definition) is 4. The molecule has 1 rings (SSSR count). The average molecular weight is 246 g/mol. The van der Waals surface area contributed by atoms with Crippen LogP contribution in [0.2, 0.25) is 0 Å². The molecule has 0 aliphatic heterocycles. The van der Waals surface area contributed by atoms with Gasteiger partial charge in [0.25, 0.3) is 0 Å². The smallest absolute Gasteiger partial charge is 0.238 e. The number of hydrogen-bond donors (Lipinski definition) is 2. The summed E-state index contributed by atoms with van der Waals surface area (Å²) in [4.78, 5) is 0.972. The monoisotopic (exact) mass is 246 g/mol. The van der Waals surface area contributed by atoms with E-state index in [1.807, 2.05) is 6.92 Å². The summed E-state index contributed by atoms with van der Waals surface area (Å²) in [6, 6.07) is 3.16. The summed E-state index contributed by atoms with van der Waals surface area (Å²) in [6.45, 7) is 3.72. The minimum Gasteiger partial charge on any atom is -0.399 e. The zero-order valence-electron chi connectivity index (χ0n) is 8.65. The molecular weight excluding hydrogens is 232 g/mol. The van der Waals surface area contributed by atoms with Crippen LogP contribution in [0, 0.1) is 6.92 Å². The van der Waals surface area contributed by atoms with E-state index in [-0.39, 0.29) is 4.90 Å². The molecule has 0 aliphatic carbocycles. The molecule has 0 aliphatic rings. The Morgan fingerprint density at radius 1 is 1.40 bits per heavy atom. The third-order valence-electron chi connectivity index (χ3n) is 1.94. The Morgan fingerprint density at radius 2 is 2.00 bits per heavy atom. The highest BCUT2D eigenvalue weighted by Gasteiger charge is 2.15. The summed E-state index contributed by atoms with van der Waals surface area (Å²) < 4.78 is 22.6. The first-order chi connectivity index (χ1) is 6.86. The molecule has 0 amide bonds. The molecule has 0 unspecified atom stereocenters. The van der Waals surface area contributed by atoms with E-state index in [1.54, 1.807) is 24.8 Å². The summed E-state index contributed by atoms with van der Waals surface area (Å²) >= 11 is 1.55. The molecule has 0 heterocycles. The lowest BCUT2D eigenvalue weighted by Gasteiger charge is -2.10. The molecule has 4 N–H and O–H groups in total. The number of sulfonamides is 1. The van der Waals surface area contributed by atoms with Crippen molar-refractivity contribution < 1.29 is 8.42 Å². The highest BCUT2D eigenvalue weighted by atomic mass is 32.2. The van der Waals surface area contributed by atoms with Gasteiger partial charge in [0, 0.05) is 10.6 Å². The lowest BCUT2D eigenvalue weighted by atomic mass is 10.2. The first-order valence-corrected chi connectivity index (χ1v) is 6.95. The van der Waals surface area contributed by atoms with Crippen molar-refractivity contribution in [1.29, 1.82) is 0 Å². The van der Waals surface area contributed by atoms with E-state index >= 15 is 0 Å². The van der Waals surface area contributed by atoms with Crippen molar-refractivity contribution in [2.75, 3.05) is 11.5 Å². The largest absolute Gasteiger partial charge is 0.399 e. The zero-order chi connectivity index (χ0) is 11.6. The molecule has 1 aromatic rings. The normalized spacial score (nSPS) is 11.7. The fourth-order valence-corrected chi connectivity index (χ4v) is 3.04. The maximum atomic E-state index is 11.3. The molecule has 0 atom stereocenters. The van der Waals surface area contributed by atoms with Gasteiger partial charge in [0.2, 0.25) is 10.0 Å². The molecule has 1 aromatic carbocycles. The molecule has 0 fully saturated rings. The minimum atomic E-state index is -3.69. The molecule has 0 saturated heterocycles. The molecule has 0 spiro atoms. The van der Waals surface area contributed by atoms with Crippen LogP contribution < -0.4 is 10.9 Å². The number of thioether (sulfide) groups is 1. The van der Waals surface area contributed by atoms with Crippen LogP contribution in [0.25, 0.3) is 0 Å². The molecule has 84 valence electrons. The van der Waals surface area contributed by atoms with E-state index in [9.17, 15) is 8.42 Å². The number of anilines is 1. The van der Waals surface area contributed by atoms with Crippen molar-refractivity contribution in [2.45, 2.75) is 23.6 Å². The van der Waals surface area contributed by atoms with Gasteiger partial charge in [-0.1, -0.05) is 6.92 Å². The highest BCUT2D eigenvalue weighted by Crippen LogP contribution is 2.29. The van der Waals surface area contributed by atoms with Gasteiger partial charge in [-0.25, -0.2) is 13.6 Å². The van der Waals surface area contributed by atoms with Crippen molar-refractivity contribution in [3.05, 3.63) is 17.7 Å². The first kappa shape index (κ1) is 12.4. The van der Waals surface area contributed by atoms with Crippen molar-refractivity contribution in [1.82, 2.24) is 0 Å². The Labute approximate surface area is 94.1 Å². The summed E-state index contributed by atoms with van der Waals surface area (Å²) in [5.74, 6) is 0.856. The predicted molar refractivity (Wildman–Crippen MR) is 63.4 cm³/mol. The fourth-order valence-electron chi connectivity index (χ4n) is 1.28. The number of nitrogens with two attached hydrogens (primary N) is 2. The second-order valence-corrected chi connectivity index (χ2v) is 5.96. The highest BCUT2D eigenvalue weighted by molar-refractivity contribution is 7.99. The zero-order valence-corrected chi connectivity index (χ0v) is 10.3. The fraction of sp³-hybridized carbons (Fsp3) is 0.333. The lowest BCUT2D eigenvalue weighted by molar-refractivity contribution is 0.597. The second kappa shape index (κ2) is 4.42. The predicted octanol–water partition coefficient (Wildman–Crippen LogP) is 1.34. The molecule has 6 heteroatoms. The van der Waals surface area contributed by atoms with E-state index in [0.717, 1.165) is 10.6 Å². The molecule has 0 bridgehead atoms. The number of nitrogen functional groups attached to an aromatic ring is 1. The molecule has 4 nitrogen and oxygen atoms in total. The molecule has 0 radical (unpaired) electrons. The maximum absolute atomic E-state index is 11.3. The van der Waals surface area contributed by atoms with Crippen LogP contribution in [0.4, 0.5) is 5.69 Å². The SMILES string of the molecule is CCSc1cc(N)cc(S(N)(=O)=O)c1C. The molecular formula is C9H14N2O2S2. The van der Waals surface area contributed by atoms with Crippen LogP contribution in [0.15, 0.2) is 21.9 Å². The third kappa shape index (κ3) is 2.87.